The molecule has 0 spiro atoms. The van der Waals surface area contributed by atoms with Crippen LogP contribution in [0.1, 0.15) is 11.5 Å². The van der Waals surface area contributed by atoms with Crippen molar-refractivity contribution in [1.82, 2.24) is 10.1 Å². The molecule has 140 valence electrons. The van der Waals surface area contributed by atoms with Gasteiger partial charge >= 0.3 is 5.97 Å². The van der Waals surface area contributed by atoms with E-state index in [9.17, 15) is 4.79 Å². The first kappa shape index (κ1) is 18.7. The molecular weight excluding hydrogens is 372 g/mol. The van der Waals surface area contributed by atoms with Crippen LogP contribution in [0, 0.1) is 0 Å². The molecule has 2 aromatic carbocycles. The summed E-state index contributed by atoms with van der Waals surface area (Å²) in [7, 11) is 3.08. The van der Waals surface area contributed by atoms with E-state index in [0.717, 1.165) is 5.56 Å². The molecule has 0 aliphatic rings. The average molecular weight is 389 g/mol. The molecule has 0 amide bonds. The fraction of sp³-hybridized carbons (Fsp3) is 0.211. The van der Waals surface area contributed by atoms with Crippen LogP contribution >= 0.6 is 11.6 Å². The Labute approximate surface area is 160 Å². The summed E-state index contributed by atoms with van der Waals surface area (Å²) in [5, 5.41) is 4.43. The van der Waals surface area contributed by atoms with E-state index in [2.05, 4.69) is 10.1 Å². The largest absolute Gasteiger partial charge is 0.493 e. The highest BCUT2D eigenvalue weighted by Gasteiger charge is 2.13. The van der Waals surface area contributed by atoms with Crippen LogP contribution in [-0.2, 0) is 22.6 Å². The van der Waals surface area contributed by atoms with Crippen LogP contribution in [0.5, 0.6) is 11.5 Å². The maximum atomic E-state index is 12.1. The number of carbonyl (C=O) groups is 1. The summed E-state index contributed by atoms with van der Waals surface area (Å²) in [6, 6.07) is 12.3. The van der Waals surface area contributed by atoms with Gasteiger partial charge in [0.2, 0.25) is 5.82 Å². The highest BCUT2D eigenvalue weighted by atomic mass is 35.5. The van der Waals surface area contributed by atoms with Crippen LogP contribution in [0.25, 0.3) is 11.4 Å². The van der Waals surface area contributed by atoms with Gasteiger partial charge in [0.25, 0.3) is 5.89 Å². The van der Waals surface area contributed by atoms with Crippen molar-refractivity contribution < 1.29 is 23.5 Å². The average Bonchev–Trinajstić information content (AvgIpc) is 3.15. The third-order valence-corrected chi connectivity index (χ3v) is 3.94. The smallest absolute Gasteiger partial charge is 0.310 e. The quantitative estimate of drug-likeness (QED) is 0.570. The lowest BCUT2D eigenvalue weighted by atomic mass is 10.1. The normalized spacial score (nSPS) is 10.5. The van der Waals surface area contributed by atoms with Crippen molar-refractivity contribution in [1.29, 1.82) is 0 Å². The summed E-state index contributed by atoms with van der Waals surface area (Å²) >= 11 is 5.95. The third kappa shape index (κ3) is 4.77. The van der Waals surface area contributed by atoms with Crippen LogP contribution in [0.15, 0.2) is 47.0 Å². The van der Waals surface area contributed by atoms with Crippen LogP contribution in [-0.4, -0.2) is 30.3 Å². The summed E-state index contributed by atoms with van der Waals surface area (Å²) in [6.45, 7) is -0.111. The van der Waals surface area contributed by atoms with E-state index in [1.54, 1.807) is 43.5 Å². The molecular formula is C19H17ClN2O5. The molecule has 0 aliphatic carbocycles. The van der Waals surface area contributed by atoms with Gasteiger partial charge in [0.05, 0.1) is 20.6 Å². The first-order valence-electron chi connectivity index (χ1n) is 8.04. The summed E-state index contributed by atoms with van der Waals surface area (Å²) in [5.41, 5.74) is 1.46. The molecule has 3 rings (SSSR count). The van der Waals surface area contributed by atoms with E-state index >= 15 is 0 Å². The molecule has 0 atom stereocenters. The van der Waals surface area contributed by atoms with Gasteiger partial charge in [0, 0.05) is 10.6 Å². The van der Waals surface area contributed by atoms with Gasteiger partial charge in [-0.1, -0.05) is 35.0 Å². The van der Waals surface area contributed by atoms with Crippen molar-refractivity contribution in [3.63, 3.8) is 0 Å². The molecule has 0 unspecified atom stereocenters. The number of carbonyl (C=O) groups excluding carboxylic acids is 1. The topological polar surface area (TPSA) is 83.7 Å². The minimum Gasteiger partial charge on any atom is -0.493 e. The lowest BCUT2D eigenvalue weighted by Gasteiger charge is -2.09. The lowest BCUT2D eigenvalue weighted by molar-refractivity contribution is -0.144. The van der Waals surface area contributed by atoms with Crippen LogP contribution in [0.2, 0.25) is 5.02 Å². The monoisotopic (exact) mass is 388 g/mol. The van der Waals surface area contributed by atoms with Gasteiger partial charge in [-0.25, -0.2) is 0 Å². The SMILES string of the molecule is COc1ccc(CC(=O)OCc2nc(-c3cccc(Cl)c3)no2)cc1OC. The number of hydrogen-bond donors (Lipinski definition) is 0. The molecule has 1 heterocycles. The Morgan fingerprint density at radius 2 is 1.93 bits per heavy atom. The summed E-state index contributed by atoms with van der Waals surface area (Å²) < 4.78 is 20.7. The second-order valence-electron chi connectivity index (χ2n) is 5.55. The molecule has 8 heteroatoms. The number of benzene rings is 2. The predicted molar refractivity (Wildman–Crippen MR) is 97.8 cm³/mol. The molecule has 0 saturated carbocycles. The zero-order chi connectivity index (χ0) is 19.2. The Morgan fingerprint density at radius 3 is 2.67 bits per heavy atom. The van der Waals surface area contributed by atoms with E-state index in [1.165, 1.54) is 7.11 Å². The standard InChI is InChI=1S/C19H17ClN2O5/c1-24-15-7-6-12(8-16(15)25-2)9-18(23)26-11-17-21-19(22-27-17)13-4-3-5-14(20)10-13/h3-8,10H,9,11H2,1-2H3. The molecule has 7 nitrogen and oxygen atoms in total. The maximum absolute atomic E-state index is 12.1. The molecule has 1 aromatic heterocycles. The van der Waals surface area contributed by atoms with Crippen molar-refractivity contribution in [2.45, 2.75) is 13.0 Å². The molecule has 0 saturated heterocycles. The number of hydrogen-bond acceptors (Lipinski definition) is 7. The zero-order valence-electron chi connectivity index (χ0n) is 14.8. The zero-order valence-corrected chi connectivity index (χ0v) is 15.5. The highest BCUT2D eigenvalue weighted by molar-refractivity contribution is 6.30. The van der Waals surface area contributed by atoms with Gasteiger partial charge in [-0.3, -0.25) is 4.79 Å². The Hall–Kier alpha value is -3.06. The Kier molecular flexibility index (Phi) is 5.93. The fourth-order valence-electron chi connectivity index (χ4n) is 2.41. The van der Waals surface area contributed by atoms with Crippen molar-refractivity contribution in [2.75, 3.05) is 14.2 Å². The Morgan fingerprint density at radius 1 is 1.11 bits per heavy atom. The van der Waals surface area contributed by atoms with Crippen molar-refractivity contribution in [2.24, 2.45) is 0 Å². The summed E-state index contributed by atoms with van der Waals surface area (Å²) in [4.78, 5) is 16.3. The van der Waals surface area contributed by atoms with Crippen LogP contribution in [0.4, 0.5) is 0 Å². The van der Waals surface area contributed by atoms with E-state index in [-0.39, 0.29) is 18.9 Å². The van der Waals surface area contributed by atoms with Gasteiger partial charge < -0.3 is 18.7 Å². The van der Waals surface area contributed by atoms with Crippen molar-refractivity contribution in [3.8, 4) is 22.9 Å². The molecule has 0 bridgehead atoms. The van der Waals surface area contributed by atoms with Crippen molar-refractivity contribution >= 4 is 17.6 Å². The Balaban J connectivity index is 1.58. The highest BCUT2D eigenvalue weighted by Crippen LogP contribution is 2.27. The first-order valence-corrected chi connectivity index (χ1v) is 8.42. The summed E-state index contributed by atoms with van der Waals surface area (Å²) in [5.74, 6) is 1.29. The molecule has 3 aromatic rings. The fourth-order valence-corrected chi connectivity index (χ4v) is 2.60. The maximum Gasteiger partial charge on any atom is 0.310 e. The molecule has 0 radical (unpaired) electrons. The van der Waals surface area contributed by atoms with E-state index in [4.69, 9.17) is 30.3 Å². The number of aromatic nitrogens is 2. The number of nitrogens with zero attached hydrogens (tertiary/aromatic N) is 2. The number of esters is 1. The van der Waals surface area contributed by atoms with E-state index in [0.29, 0.717) is 27.9 Å². The minimum atomic E-state index is -0.426. The third-order valence-electron chi connectivity index (χ3n) is 3.70. The van der Waals surface area contributed by atoms with E-state index in [1.807, 2.05) is 6.07 Å². The summed E-state index contributed by atoms with van der Waals surface area (Å²) in [6.07, 6.45) is 0.0790. The van der Waals surface area contributed by atoms with Gasteiger partial charge in [-0.15, -0.1) is 0 Å². The number of rotatable bonds is 7. The van der Waals surface area contributed by atoms with Gasteiger partial charge in [0.15, 0.2) is 18.1 Å². The van der Waals surface area contributed by atoms with Gasteiger partial charge in [-0.05, 0) is 29.8 Å². The lowest BCUT2D eigenvalue weighted by Crippen LogP contribution is -2.08. The van der Waals surface area contributed by atoms with Gasteiger partial charge in [0.1, 0.15) is 0 Å². The minimum absolute atomic E-state index is 0.0790. The first-order chi connectivity index (χ1) is 13.1. The van der Waals surface area contributed by atoms with Crippen LogP contribution < -0.4 is 9.47 Å². The molecule has 0 N–H and O–H groups in total. The molecule has 0 aliphatic heterocycles. The predicted octanol–water partition coefficient (Wildman–Crippen LogP) is 3.69. The second-order valence-corrected chi connectivity index (χ2v) is 5.99. The number of halogens is 1. The molecule has 0 fully saturated rings. The van der Waals surface area contributed by atoms with Gasteiger partial charge in [-0.2, -0.15) is 4.98 Å². The van der Waals surface area contributed by atoms with Crippen molar-refractivity contribution in [3.05, 3.63) is 58.9 Å². The van der Waals surface area contributed by atoms with E-state index < -0.39 is 5.97 Å². The number of ether oxygens (including phenoxy) is 3. The van der Waals surface area contributed by atoms with Crippen LogP contribution in [0.3, 0.4) is 0 Å². The Bertz CT molecular complexity index is 941. The number of methoxy groups -OCH3 is 2. The molecule has 27 heavy (non-hydrogen) atoms. The second kappa shape index (κ2) is 8.55.